The zero-order valence-electron chi connectivity index (χ0n) is 11.7. The molecule has 0 spiro atoms. The lowest BCUT2D eigenvalue weighted by molar-refractivity contribution is 0.531. The summed E-state index contributed by atoms with van der Waals surface area (Å²) in [4.78, 5) is 15.0. The highest BCUT2D eigenvalue weighted by atomic mass is 32.2. The van der Waals surface area contributed by atoms with Gasteiger partial charge in [0.2, 0.25) is 0 Å². The van der Waals surface area contributed by atoms with Crippen LogP contribution in [0.4, 0.5) is 0 Å². The molecule has 0 aliphatic heterocycles. The average Bonchev–Trinajstić information content (AvgIpc) is 2.92. The summed E-state index contributed by atoms with van der Waals surface area (Å²) in [7, 11) is 0. The first-order chi connectivity index (χ1) is 9.78. The van der Waals surface area contributed by atoms with Crippen LogP contribution in [0.25, 0.3) is 10.9 Å². The van der Waals surface area contributed by atoms with Crippen molar-refractivity contribution >= 4 is 22.7 Å². The van der Waals surface area contributed by atoms with Crippen LogP contribution >= 0.6 is 11.8 Å². The molecule has 1 aliphatic rings. The van der Waals surface area contributed by atoms with E-state index in [4.69, 9.17) is 0 Å². The molecule has 3 rings (SSSR count). The molecule has 0 saturated heterocycles. The van der Waals surface area contributed by atoms with Gasteiger partial charge in [-0.25, -0.2) is 0 Å². The van der Waals surface area contributed by atoms with Crippen molar-refractivity contribution in [3.63, 3.8) is 0 Å². The Morgan fingerprint density at radius 1 is 1.35 bits per heavy atom. The van der Waals surface area contributed by atoms with Crippen LogP contribution in [-0.4, -0.2) is 22.5 Å². The standard InChI is InChI=1S/C16H20N2OS/c1-20-15-8-4-7-14(15)17-10-12-9-11-5-2-3-6-13(11)18-16(12)19/h2-3,5-6,9,14-15,17H,4,7-8,10H2,1H3,(H,18,19). The van der Waals surface area contributed by atoms with Crippen molar-refractivity contribution in [1.82, 2.24) is 10.3 Å². The smallest absolute Gasteiger partial charge is 0.252 e. The van der Waals surface area contributed by atoms with Crippen LogP contribution in [0.1, 0.15) is 24.8 Å². The van der Waals surface area contributed by atoms with Crippen molar-refractivity contribution in [2.24, 2.45) is 0 Å². The fourth-order valence-electron chi connectivity index (χ4n) is 3.01. The maximum atomic E-state index is 12.1. The van der Waals surface area contributed by atoms with E-state index in [1.165, 1.54) is 19.3 Å². The van der Waals surface area contributed by atoms with Crippen molar-refractivity contribution in [3.8, 4) is 0 Å². The molecule has 1 saturated carbocycles. The molecular formula is C16H20N2OS. The van der Waals surface area contributed by atoms with Crippen molar-refractivity contribution in [2.45, 2.75) is 37.1 Å². The van der Waals surface area contributed by atoms with E-state index in [9.17, 15) is 4.79 Å². The molecule has 0 bridgehead atoms. The number of hydrogen-bond acceptors (Lipinski definition) is 3. The van der Waals surface area contributed by atoms with Gasteiger partial charge < -0.3 is 10.3 Å². The molecule has 106 valence electrons. The third kappa shape index (κ3) is 2.76. The van der Waals surface area contributed by atoms with Gasteiger partial charge in [-0.1, -0.05) is 24.6 Å². The van der Waals surface area contributed by atoms with Crippen molar-refractivity contribution in [1.29, 1.82) is 0 Å². The van der Waals surface area contributed by atoms with Crippen molar-refractivity contribution in [3.05, 3.63) is 46.2 Å². The molecule has 20 heavy (non-hydrogen) atoms. The highest BCUT2D eigenvalue weighted by Crippen LogP contribution is 2.28. The first kappa shape index (κ1) is 13.7. The third-order valence-electron chi connectivity index (χ3n) is 4.14. The van der Waals surface area contributed by atoms with Crippen LogP contribution in [-0.2, 0) is 6.54 Å². The number of thioether (sulfide) groups is 1. The van der Waals surface area contributed by atoms with Crippen LogP contribution in [0.5, 0.6) is 0 Å². The van der Waals surface area contributed by atoms with E-state index < -0.39 is 0 Å². The lowest BCUT2D eigenvalue weighted by Crippen LogP contribution is -2.35. The van der Waals surface area contributed by atoms with E-state index in [0.29, 0.717) is 17.8 Å². The van der Waals surface area contributed by atoms with Gasteiger partial charge in [-0.15, -0.1) is 0 Å². The molecule has 1 aromatic carbocycles. The molecule has 4 heteroatoms. The maximum absolute atomic E-state index is 12.1. The number of aromatic nitrogens is 1. The Morgan fingerprint density at radius 3 is 3.05 bits per heavy atom. The second kappa shape index (κ2) is 6.02. The molecule has 3 nitrogen and oxygen atoms in total. The molecule has 0 radical (unpaired) electrons. The first-order valence-electron chi connectivity index (χ1n) is 7.15. The molecule has 1 fully saturated rings. The summed E-state index contributed by atoms with van der Waals surface area (Å²) in [5.74, 6) is 0. The fourth-order valence-corrected chi connectivity index (χ4v) is 3.97. The number of fused-ring (bicyclic) bond motifs is 1. The largest absolute Gasteiger partial charge is 0.322 e. The van der Waals surface area contributed by atoms with Gasteiger partial charge in [0, 0.05) is 28.9 Å². The maximum Gasteiger partial charge on any atom is 0.252 e. The summed E-state index contributed by atoms with van der Waals surface area (Å²) in [6.45, 7) is 0.655. The van der Waals surface area contributed by atoms with Gasteiger partial charge in [-0.05, 0) is 36.6 Å². The zero-order valence-corrected chi connectivity index (χ0v) is 12.5. The molecular weight excluding hydrogens is 268 g/mol. The van der Waals surface area contributed by atoms with E-state index >= 15 is 0 Å². The SMILES string of the molecule is CSC1CCCC1NCc1cc2ccccc2[nH]c1=O. The molecule has 2 unspecified atom stereocenters. The topological polar surface area (TPSA) is 44.9 Å². The summed E-state index contributed by atoms with van der Waals surface area (Å²) in [5.41, 5.74) is 1.76. The predicted molar refractivity (Wildman–Crippen MR) is 86.4 cm³/mol. The number of benzene rings is 1. The highest BCUT2D eigenvalue weighted by Gasteiger charge is 2.25. The number of rotatable bonds is 4. The Kier molecular flexibility index (Phi) is 4.13. The predicted octanol–water partition coefficient (Wildman–Crippen LogP) is 2.90. The summed E-state index contributed by atoms with van der Waals surface area (Å²) in [6.07, 6.45) is 5.97. The number of hydrogen-bond donors (Lipinski definition) is 2. The van der Waals surface area contributed by atoms with Gasteiger partial charge in [0.15, 0.2) is 0 Å². The summed E-state index contributed by atoms with van der Waals surface area (Å²) >= 11 is 1.93. The molecule has 2 N–H and O–H groups in total. The Bertz CT molecular complexity index is 652. The van der Waals surface area contributed by atoms with E-state index in [1.54, 1.807) is 0 Å². The molecule has 1 aromatic heterocycles. The highest BCUT2D eigenvalue weighted by molar-refractivity contribution is 7.99. The Labute approximate surface area is 123 Å². The van der Waals surface area contributed by atoms with Gasteiger partial charge in [-0.3, -0.25) is 4.79 Å². The van der Waals surface area contributed by atoms with Crippen LogP contribution in [0, 0.1) is 0 Å². The molecule has 1 aliphatic carbocycles. The fraction of sp³-hybridized carbons (Fsp3) is 0.438. The summed E-state index contributed by atoms with van der Waals surface area (Å²) in [6, 6.07) is 10.5. The number of aromatic amines is 1. The molecule has 0 amide bonds. The third-order valence-corrected chi connectivity index (χ3v) is 5.31. The number of pyridine rings is 1. The second-order valence-electron chi connectivity index (χ2n) is 5.40. The van der Waals surface area contributed by atoms with Crippen molar-refractivity contribution in [2.75, 3.05) is 6.26 Å². The summed E-state index contributed by atoms with van der Waals surface area (Å²) in [5, 5.41) is 5.35. The van der Waals surface area contributed by atoms with E-state index in [-0.39, 0.29) is 5.56 Å². The lowest BCUT2D eigenvalue weighted by Gasteiger charge is -2.19. The zero-order chi connectivity index (χ0) is 13.9. The Hall–Kier alpha value is -1.26. The van der Waals surface area contributed by atoms with E-state index in [1.807, 2.05) is 42.1 Å². The number of para-hydroxylation sites is 1. The molecule has 1 heterocycles. The van der Waals surface area contributed by atoms with Crippen molar-refractivity contribution < 1.29 is 0 Å². The van der Waals surface area contributed by atoms with Crippen LogP contribution < -0.4 is 10.9 Å². The van der Waals surface area contributed by atoms with Gasteiger partial charge >= 0.3 is 0 Å². The van der Waals surface area contributed by atoms with Gasteiger partial charge in [-0.2, -0.15) is 11.8 Å². The minimum Gasteiger partial charge on any atom is -0.322 e. The quantitative estimate of drug-likeness (QED) is 0.909. The minimum absolute atomic E-state index is 0.0231. The van der Waals surface area contributed by atoms with E-state index in [0.717, 1.165) is 16.5 Å². The van der Waals surface area contributed by atoms with Gasteiger partial charge in [0.1, 0.15) is 0 Å². The lowest BCUT2D eigenvalue weighted by atomic mass is 10.1. The first-order valence-corrected chi connectivity index (χ1v) is 8.44. The molecule has 2 aromatic rings. The minimum atomic E-state index is 0.0231. The van der Waals surface area contributed by atoms with Crippen LogP contribution in [0.15, 0.2) is 35.1 Å². The number of H-pyrrole nitrogens is 1. The Morgan fingerprint density at radius 2 is 2.20 bits per heavy atom. The summed E-state index contributed by atoms with van der Waals surface area (Å²) < 4.78 is 0. The van der Waals surface area contributed by atoms with Gasteiger partial charge in [0.25, 0.3) is 5.56 Å². The van der Waals surface area contributed by atoms with E-state index in [2.05, 4.69) is 16.6 Å². The van der Waals surface area contributed by atoms with Crippen LogP contribution in [0.2, 0.25) is 0 Å². The monoisotopic (exact) mass is 288 g/mol. The Balaban J connectivity index is 1.77. The number of nitrogens with one attached hydrogen (secondary N) is 2. The van der Waals surface area contributed by atoms with Gasteiger partial charge in [0.05, 0.1) is 0 Å². The normalized spacial score (nSPS) is 22.4. The second-order valence-corrected chi connectivity index (χ2v) is 6.48. The average molecular weight is 288 g/mol. The molecule has 2 atom stereocenters. The van der Waals surface area contributed by atoms with Crippen LogP contribution in [0.3, 0.4) is 0 Å².